The van der Waals surface area contributed by atoms with Crippen molar-refractivity contribution in [1.29, 1.82) is 0 Å². The van der Waals surface area contributed by atoms with Gasteiger partial charge >= 0.3 is 0 Å². The second-order valence-corrected chi connectivity index (χ2v) is 5.48. The van der Waals surface area contributed by atoms with Crippen LogP contribution in [0.2, 0.25) is 0 Å². The molecule has 1 unspecified atom stereocenters. The minimum atomic E-state index is -0.359. The van der Waals surface area contributed by atoms with Gasteiger partial charge in [-0.2, -0.15) is 0 Å². The van der Waals surface area contributed by atoms with Gasteiger partial charge in [0.2, 0.25) is 0 Å². The molecule has 0 bridgehead atoms. The van der Waals surface area contributed by atoms with Gasteiger partial charge in [0.1, 0.15) is 23.9 Å². The molecule has 0 radical (unpaired) electrons. The second-order valence-electron chi connectivity index (χ2n) is 5.48. The van der Waals surface area contributed by atoms with Gasteiger partial charge in [0.05, 0.1) is 12.1 Å². The molecule has 1 aromatic heterocycles. The van der Waals surface area contributed by atoms with Gasteiger partial charge in [-0.1, -0.05) is 18.7 Å². The molecule has 2 aliphatic heterocycles. The van der Waals surface area contributed by atoms with Crippen molar-refractivity contribution in [3.05, 3.63) is 60.0 Å². The van der Waals surface area contributed by atoms with Gasteiger partial charge in [-0.3, -0.25) is 4.79 Å². The van der Waals surface area contributed by atoms with Crippen molar-refractivity contribution < 1.29 is 19.4 Å². The number of phenols is 1. The van der Waals surface area contributed by atoms with E-state index in [1.807, 2.05) is 17.0 Å². The molecule has 0 saturated carbocycles. The van der Waals surface area contributed by atoms with Crippen molar-refractivity contribution in [1.82, 2.24) is 4.98 Å². The molecule has 4 rings (SSSR count). The van der Waals surface area contributed by atoms with Gasteiger partial charge < -0.3 is 19.5 Å². The van der Waals surface area contributed by atoms with Crippen molar-refractivity contribution in [2.24, 2.45) is 0 Å². The Morgan fingerprint density at radius 1 is 1.43 bits per heavy atom. The van der Waals surface area contributed by atoms with Crippen LogP contribution in [0.25, 0.3) is 0 Å². The number of aldehydes is 1. The minimum Gasteiger partial charge on any atom is -0.507 e. The number of rotatable bonds is 5. The number of benzene rings is 1. The highest BCUT2D eigenvalue weighted by molar-refractivity contribution is 5.83. The van der Waals surface area contributed by atoms with E-state index >= 15 is 0 Å². The summed E-state index contributed by atoms with van der Waals surface area (Å²) in [7, 11) is 0. The average Bonchev–Trinajstić information content (AvgIpc) is 3.44. The molecule has 116 valence electrons. The molecule has 0 aliphatic carbocycles. The van der Waals surface area contributed by atoms with Crippen LogP contribution in [-0.4, -0.2) is 28.6 Å². The molecule has 0 amide bonds. The first-order chi connectivity index (χ1) is 11.2. The first-order valence-corrected chi connectivity index (χ1v) is 7.15. The number of epoxide rings is 1. The number of nitrogens with zero attached hydrogens (tertiary/aromatic N) is 2. The van der Waals surface area contributed by atoms with Gasteiger partial charge in [-0.05, 0) is 18.2 Å². The Balaban J connectivity index is 1.56. The average molecular weight is 310 g/mol. The number of aromatic hydroxyl groups is 1. The van der Waals surface area contributed by atoms with Crippen LogP contribution in [0.15, 0.2) is 48.9 Å². The predicted molar refractivity (Wildman–Crippen MR) is 82.4 cm³/mol. The van der Waals surface area contributed by atoms with Crippen molar-refractivity contribution in [3.63, 3.8) is 0 Å². The molecule has 3 heterocycles. The lowest BCUT2D eigenvalue weighted by atomic mass is 10.2. The Morgan fingerprint density at radius 3 is 2.96 bits per heavy atom. The number of aromatic nitrogens is 1. The number of hydrogen-bond donors (Lipinski definition) is 1. The molecular formula is C17H14N2O4. The van der Waals surface area contributed by atoms with E-state index < -0.39 is 0 Å². The van der Waals surface area contributed by atoms with Crippen LogP contribution in [-0.2, 0) is 11.3 Å². The first-order valence-electron chi connectivity index (χ1n) is 7.15. The smallest absolute Gasteiger partial charge is 0.259 e. The van der Waals surface area contributed by atoms with Crippen LogP contribution in [0, 0.1) is 0 Å². The zero-order chi connectivity index (χ0) is 16.0. The highest BCUT2D eigenvalue weighted by atomic mass is 16.6. The molecule has 2 fully saturated rings. The summed E-state index contributed by atoms with van der Waals surface area (Å²) in [6.07, 6.45) is 2.29. The summed E-state index contributed by atoms with van der Waals surface area (Å²) in [6.45, 7) is 4.79. The number of pyridine rings is 1. The first kappa shape index (κ1) is 13.6. The zero-order valence-corrected chi connectivity index (χ0v) is 12.2. The largest absolute Gasteiger partial charge is 0.507 e. The van der Waals surface area contributed by atoms with Gasteiger partial charge in [0.15, 0.2) is 12.0 Å². The fraction of sp³-hybridized carbons (Fsp3) is 0.176. The third-order valence-electron chi connectivity index (χ3n) is 4.06. The summed E-state index contributed by atoms with van der Waals surface area (Å²) in [5.74, 6) is 1.77. The summed E-state index contributed by atoms with van der Waals surface area (Å²) in [5, 5.41) is 9.69. The third-order valence-corrected chi connectivity index (χ3v) is 4.06. The highest BCUT2D eigenvalue weighted by Crippen LogP contribution is 2.56. The van der Waals surface area contributed by atoms with E-state index in [4.69, 9.17) is 9.47 Å². The van der Waals surface area contributed by atoms with Gasteiger partial charge in [-0.25, -0.2) is 4.98 Å². The molecule has 2 aliphatic rings. The summed E-state index contributed by atoms with van der Waals surface area (Å²) >= 11 is 0. The Hall–Kier alpha value is -3.02. The minimum absolute atomic E-state index is 0.100. The Labute approximate surface area is 132 Å². The van der Waals surface area contributed by atoms with E-state index in [0.717, 1.165) is 23.7 Å². The quantitative estimate of drug-likeness (QED) is 0.674. The van der Waals surface area contributed by atoms with Crippen LogP contribution in [0.5, 0.6) is 11.5 Å². The molecule has 6 heteroatoms. The fourth-order valence-electron chi connectivity index (χ4n) is 2.65. The summed E-state index contributed by atoms with van der Waals surface area (Å²) in [5.41, 5.74) is 0.648. The van der Waals surface area contributed by atoms with Crippen LogP contribution >= 0.6 is 0 Å². The maximum atomic E-state index is 11.1. The Bertz CT molecular complexity index is 820. The van der Waals surface area contributed by atoms with E-state index in [1.54, 1.807) is 18.3 Å². The Morgan fingerprint density at radius 2 is 2.26 bits per heavy atom. The van der Waals surface area contributed by atoms with Crippen LogP contribution < -0.4 is 9.64 Å². The van der Waals surface area contributed by atoms with Crippen molar-refractivity contribution >= 4 is 12.1 Å². The normalized spacial score (nSPS) is 21.0. The topological polar surface area (TPSA) is 75.0 Å². The molecule has 6 nitrogen and oxygen atoms in total. The lowest BCUT2D eigenvalue weighted by Gasteiger charge is -2.12. The maximum Gasteiger partial charge on any atom is 0.259 e. The van der Waals surface area contributed by atoms with Crippen molar-refractivity contribution in [3.8, 4) is 11.5 Å². The summed E-state index contributed by atoms with van der Waals surface area (Å²) in [6, 6.07) is 8.45. The number of anilines is 1. The maximum absolute atomic E-state index is 11.1. The summed E-state index contributed by atoms with van der Waals surface area (Å²) in [4.78, 5) is 17.5. The van der Waals surface area contributed by atoms with Crippen LogP contribution in [0.3, 0.4) is 0 Å². The lowest BCUT2D eigenvalue weighted by molar-refractivity contribution is 0.111. The third kappa shape index (κ3) is 2.11. The number of carbonyl (C=O) groups excluding carboxylic acids is 1. The molecule has 1 aromatic carbocycles. The van der Waals surface area contributed by atoms with Crippen molar-refractivity contribution in [2.45, 2.75) is 12.3 Å². The van der Waals surface area contributed by atoms with Gasteiger partial charge in [-0.15, -0.1) is 0 Å². The standard InChI is InChI=1S/C17H14N2O4/c1-11-17(23-11)10-19(17)16-12(4-3-7-18-16)9-22-15-6-2-5-14(21)13(15)8-20/h2-8,21H,1,9-10H2. The van der Waals surface area contributed by atoms with E-state index in [9.17, 15) is 9.90 Å². The van der Waals surface area contributed by atoms with Crippen molar-refractivity contribution in [2.75, 3.05) is 11.4 Å². The zero-order valence-electron chi connectivity index (χ0n) is 12.2. The number of phenolic OH excluding ortho intramolecular Hbond substituents is 1. The van der Waals surface area contributed by atoms with Crippen LogP contribution in [0.4, 0.5) is 5.82 Å². The number of ether oxygens (including phenoxy) is 2. The lowest BCUT2D eigenvalue weighted by Crippen LogP contribution is -2.08. The molecule has 2 aromatic rings. The fourth-order valence-corrected chi connectivity index (χ4v) is 2.65. The van der Waals surface area contributed by atoms with E-state index in [2.05, 4.69) is 11.6 Å². The number of carbonyl (C=O) groups is 1. The highest BCUT2D eigenvalue weighted by Gasteiger charge is 2.71. The molecule has 1 spiro atoms. The number of hydrogen-bond acceptors (Lipinski definition) is 6. The predicted octanol–water partition coefficient (Wildman–Crippen LogP) is 2.24. The van der Waals surface area contributed by atoms with E-state index in [-0.39, 0.29) is 23.6 Å². The van der Waals surface area contributed by atoms with Gasteiger partial charge in [0.25, 0.3) is 5.72 Å². The van der Waals surface area contributed by atoms with Gasteiger partial charge in [0, 0.05) is 11.8 Å². The SMILES string of the molecule is C=C1OC12CN2c1ncccc1COc1cccc(O)c1C=O. The molecule has 1 atom stereocenters. The van der Waals surface area contributed by atoms with E-state index in [0.29, 0.717) is 12.0 Å². The summed E-state index contributed by atoms with van der Waals surface area (Å²) < 4.78 is 11.1. The molecule has 1 N–H and O–H groups in total. The van der Waals surface area contributed by atoms with E-state index in [1.165, 1.54) is 6.07 Å². The van der Waals surface area contributed by atoms with Crippen LogP contribution in [0.1, 0.15) is 15.9 Å². The molecule has 23 heavy (non-hydrogen) atoms. The monoisotopic (exact) mass is 310 g/mol. The Kier molecular flexibility index (Phi) is 2.81. The second kappa shape index (κ2) is 4.74. The molecular weight excluding hydrogens is 296 g/mol. The molecule has 2 saturated heterocycles.